The van der Waals surface area contributed by atoms with Gasteiger partial charge in [-0.1, -0.05) is 80.4 Å². The number of tetrazole rings is 1. The lowest BCUT2D eigenvalue weighted by Gasteiger charge is -2.43. The third-order valence-corrected chi connectivity index (χ3v) is 7.55. The molecule has 3 aromatic rings. The van der Waals surface area contributed by atoms with Gasteiger partial charge in [-0.05, 0) is 59.5 Å². The van der Waals surface area contributed by atoms with Crippen LogP contribution >= 0.6 is 23.2 Å². The van der Waals surface area contributed by atoms with E-state index in [1.807, 2.05) is 58.1 Å². The zero-order valence-corrected chi connectivity index (χ0v) is 23.5. The Kier molecular flexibility index (Phi) is 8.07. The lowest BCUT2D eigenvalue weighted by atomic mass is 9.85. The molecule has 7 nitrogen and oxygen atoms in total. The first-order valence-electron chi connectivity index (χ1n) is 12.5. The molecule has 1 atom stereocenters. The van der Waals surface area contributed by atoms with Crippen molar-refractivity contribution in [3.63, 3.8) is 0 Å². The third kappa shape index (κ3) is 6.06. The van der Waals surface area contributed by atoms with Crippen LogP contribution in [-0.4, -0.2) is 62.1 Å². The summed E-state index contributed by atoms with van der Waals surface area (Å²) in [7, 11) is 0. The molecule has 2 heterocycles. The summed E-state index contributed by atoms with van der Waals surface area (Å²) in [5.74, 6) is 0.851. The van der Waals surface area contributed by atoms with Gasteiger partial charge >= 0.3 is 0 Å². The average molecular weight is 542 g/mol. The van der Waals surface area contributed by atoms with Crippen LogP contribution in [0.1, 0.15) is 62.4 Å². The molecule has 1 amide bonds. The highest BCUT2D eigenvalue weighted by Crippen LogP contribution is 2.36. The molecule has 1 aliphatic heterocycles. The summed E-state index contributed by atoms with van der Waals surface area (Å²) in [6, 6.07) is 14.8. The van der Waals surface area contributed by atoms with E-state index in [0.29, 0.717) is 23.1 Å². The van der Waals surface area contributed by atoms with Gasteiger partial charge in [-0.2, -0.15) is 0 Å². The van der Waals surface area contributed by atoms with Crippen LogP contribution in [0.4, 0.5) is 0 Å². The van der Waals surface area contributed by atoms with Gasteiger partial charge in [0.2, 0.25) is 0 Å². The van der Waals surface area contributed by atoms with Crippen molar-refractivity contribution in [3.8, 4) is 0 Å². The quantitative estimate of drug-likeness (QED) is 0.385. The van der Waals surface area contributed by atoms with E-state index in [2.05, 4.69) is 61.1 Å². The topological polar surface area (TPSA) is 67.2 Å². The molecule has 1 saturated heterocycles. The van der Waals surface area contributed by atoms with Crippen LogP contribution < -0.4 is 0 Å². The van der Waals surface area contributed by atoms with Crippen molar-refractivity contribution in [2.75, 3.05) is 26.2 Å². The van der Waals surface area contributed by atoms with Crippen molar-refractivity contribution >= 4 is 35.2 Å². The van der Waals surface area contributed by atoms with Gasteiger partial charge in [0.25, 0.3) is 5.91 Å². The van der Waals surface area contributed by atoms with Crippen LogP contribution in [0.5, 0.6) is 0 Å². The average Bonchev–Trinajstić information content (AvgIpc) is 3.35. The molecule has 2 aromatic carbocycles. The van der Waals surface area contributed by atoms with Gasteiger partial charge in [-0.25, -0.2) is 4.68 Å². The minimum Gasteiger partial charge on any atom is -0.336 e. The number of amides is 1. The maximum Gasteiger partial charge on any atom is 0.253 e. The SMILES string of the molecule is CC(C)(C)[C@H](/C=C/c1ccc(Cl)cc1Cl)n1nnnc1C(C)(C)N1CCN(C(=O)c2ccccc2)CC1. The second kappa shape index (κ2) is 10.9. The predicted molar refractivity (Wildman–Crippen MR) is 149 cm³/mol. The summed E-state index contributed by atoms with van der Waals surface area (Å²) in [5.41, 5.74) is 0.991. The molecule has 1 aliphatic rings. The summed E-state index contributed by atoms with van der Waals surface area (Å²) in [6.07, 6.45) is 4.10. The van der Waals surface area contributed by atoms with Crippen molar-refractivity contribution in [1.82, 2.24) is 30.0 Å². The molecular formula is C28H34Cl2N6O. The molecule has 9 heteroatoms. The Morgan fingerprint density at radius 2 is 1.65 bits per heavy atom. The fourth-order valence-electron chi connectivity index (χ4n) is 4.73. The molecule has 1 fully saturated rings. The van der Waals surface area contributed by atoms with Crippen LogP contribution in [0.3, 0.4) is 0 Å². The summed E-state index contributed by atoms with van der Waals surface area (Å²) < 4.78 is 1.92. The number of aromatic nitrogens is 4. The summed E-state index contributed by atoms with van der Waals surface area (Å²) in [5, 5.41) is 14.2. The van der Waals surface area contributed by atoms with E-state index >= 15 is 0 Å². The highest BCUT2D eigenvalue weighted by molar-refractivity contribution is 6.35. The van der Waals surface area contributed by atoms with Gasteiger partial charge in [0.1, 0.15) is 0 Å². The maximum atomic E-state index is 12.9. The van der Waals surface area contributed by atoms with Crippen molar-refractivity contribution < 1.29 is 4.79 Å². The minimum absolute atomic E-state index is 0.0710. The molecule has 0 spiro atoms. The highest BCUT2D eigenvalue weighted by atomic mass is 35.5. The zero-order valence-electron chi connectivity index (χ0n) is 22.0. The maximum absolute atomic E-state index is 12.9. The monoisotopic (exact) mass is 540 g/mol. The van der Waals surface area contributed by atoms with Crippen molar-refractivity contribution in [2.24, 2.45) is 5.41 Å². The second-order valence-corrected chi connectivity index (χ2v) is 11.8. The van der Waals surface area contributed by atoms with Crippen LogP contribution in [0.25, 0.3) is 6.08 Å². The number of allylic oxidation sites excluding steroid dienone is 1. The third-order valence-electron chi connectivity index (χ3n) is 6.99. The van der Waals surface area contributed by atoms with Crippen LogP contribution in [0.15, 0.2) is 54.6 Å². The number of piperazine rings is 1. The number of halogens is 2. The molecule has 0 saturated carbocycles. The van der Waals surface area contributed by atoms with Gasteiger partial charge in [0.15, 0.2) is 5.82 Å². The molecule has 0 N–H and O–H groups in total. The number of carbonyl (C=O) groups is 1. The van der Waals surface area contributed by atoms with E-state index in [1.54, 1.807) is 6.07 Å². The lowest BCUT2D eigenvalue weighted by molar-refractivity contribution is 0.0334. The Hall–Kier alpha value is -2.74. The first kappa shape index (κ1) is 27.3. The van der Waals surface area contributed by atoms with Crippen LogP contribution in [-0.2, 0) is 5.54 Å². The fraction of sp³-hybridized carbons (Fsp3) is 0.429. The molecule has 0 radical (unpaired) electrons. The van der Waals surface area contributed by atoms with E-state index in [9.17, 15) is 4.79 Å². The van der Waals surface area contributed by atoms with Gasteiger partial charge in [0.05, 0.1) is 11.6 Å². The fourth-order valence-corrected chi connectivity index (χ4v) is 5.20. The van der Waals surface area contributed by atoms with Crippen molar-refractivity contribution in [3.05, 3.63) is 81.6 Å². The van der Waals surface area contributed by atoms with Crippen LogP contribution in [0.2, 0.25) is 10.0 Å². The molecule has 1 aromatic heterocycles. The Bertz CT molecular complexity index is 1260. The summed E-state index contributed by atoms with van der Waals surface area (Å²) in [6.45, 7) is 13.5. The first-order valence-corrected chi connectivity index (χ1v) is 13.2. The van der Waals surface area contributed by atoms with Gasteiger partial charge in [-0.15, -0.1) is 5.10 Å². The van der Waals surface area contributed by atoms with E-state index in [4.69, 9.17) is 23.2 Å². The number of hydrogen-bond acceptors (Lipinski definition) is 5. The summed E-state index contributed by atoms with van der Waals surface area (Å²) >= 11 is 12.5. The van der Waals surface area contributed by atoms with E-state index in [1.165, 1.54) is 0 Å². The highest BCUT2D eigenvalue weighted by Gasteiger charge is 2.39. The first-order chi connectivity index (χ1) is 17.5. The number of hydrogen-bond donors (Lipinski definition) is 0. The summed E-state index contributed by atoms with van der Waals surface area (Å²) in [4.78, 5) is 17.2. The molecule has 0 aliphatic carbocycles. The smallest absolute Gasteiger partial charge is 0.253 e. The zero-order chi connectivity index (χ0) is 26.8. The van der Waals surface area contributed by atoms with Crippen molar-refractivity contribution in [2.45, 2.75) is 46.2 Å². The Balaban J connectivity index is 1.55. The molecular weight excluding hydrogens is 507 g/mol. The predicted octanol–water partition coefficient (Wildman–Crippen LogP) is 5.97. The second-order valence-electron chi connectivity index (χ2n) is 11.0. The number of carbonyl (C=O) groups excluding carboxylic acids is 1. The minimum atomic E-state index is -0.444. The molecule has 0 unspecified atom stereocenters. The standard InChI is InChI=1S/C28H34Cl2N6O/c1-27(2,3)24(14-12-20-11-13-22(29)19-23(20)30)36-26(31-32-33-36)28(4,5)35-17-15-34(16-18-35)25(37)21-9-7-6-8-10-21/h6-14,19,24H,15-18H2,1-5H3/b14-12+/t24-/m0/s1. The Labute approximate surface area is 229 Å². The van der Waals surface area contributed by atoms with Gasteiger partial charge in [0, 0.05) is 41.8 Å². The van der Waals surface area contributed by atoms with E-state index in [0.717, 1.165) is 30.0 Å². The number of nitrogens with zero attached hydrogens (tertiary/aromatic N) is 6. The number of rotatable bonds is 6. The van der Waals surface area contributed by atoms with E-state index < -0.39 is 5.54 Å². The van der Waals surface area contributed by atoms with E-state index in [-0.39, 0.29) is 17.4 Å². The van der Waals surface area contributed by atoms with Crippen LogP contribution in [0, 0.1) is 5.41 Å². The molecule has 0 bridgehead atoms. The van der Waals surface area contributed by atoms with Gasteiger partial charge in [-0.3, -0.25) is 9.69 Å². The van der Waals surface area contributed by atoms with Gasteiger partial charge < -0.3 is 4.90 Å². The lowest BCUT2D eigenvalue weighted by Crippen LogP contribution is -2.55. The molecule has 196 valence electrons. The Morgan fingerprint density at radius 3 is 2.27 bits per heavy atom. The largest absolute Gasteiger partial charge is 0.336 e. The molecule has 37 heavy (non-hydrogen) atoms. The Morgan fingerprint density at radius 1 is 0.973 bits per heavy atom. The normalized spacial score (nSPS) is 16.4. The van der Waals surface area contributed by atoms with Crippen molar-refractivity contribution in [1.29, 1.82) is 0 Å². The molecule has 4 rings (SSSR count). The number of benzene rings is 2.